The van der Waals surface area contributed by atoms with E-state index in [0.717, 1.165) is 33.4 Å². The van der Waals surface area contributed by atoms with Gasteiger partial charge in [0.15, 0.2) is 24.2 Å². The third kappa shape index (κ3) is 13.9. The van der Waals surface area contributed by atoms with E-state index in [0.29, 0.717) is 26.2 Å². The lowest BCUT2D eigenvalue weighted by Crippen LogP contribution is -2.41. The van der Waals surface area contributed by atoms with E-state index < -0.39 is 48.0 Å². The number of aliphatic hydroxyl groups is 1. The highest BCUT2D eigenvalue weighted by Gasteiger charge is 2.59. The minimum Gasteiger partial charge on any atom is -0.480 e. The van der Waals surface area contributed by atoms with E-state index in [1.165, 1.54) is 19.6 Å². The zero-order valence-electron chi connectivity index (χ0n) is 43.4. The minimum absolute atomic E-state index is 0.167. The number of hydrogen-bond acceptors (Lipinski definition) is 9. The van der Waals surface area contributed by atoms with Gasteiger partial charge in [-0.15, -0.1) is 0 Å². The number of fused-ring (bicyclic) bond motifs is 1. The maximum absolute atomic E-state index is 12.9. The number of cyclic esters (lactones) is 2. The lowest BCUT2D eigenvalue weighted by Gasteiger charge is -2.21. The molecule has 4 fully saturated rings. The molecule has 4 aliphatic heterocycles. The van der Waals surface area contributed by atoms with Crippen LogP contribution in [0.2, 0.25) is 0 Å². The first-order chi connectivity index (χ1) is 37.0. The summed E-state index contributed by atoms with van der Waals surface area (Å²) < 4.78 is 4.80. The van der Waals surface area contributed by atoms with Crippen LogP contribution >= 0.6 is 0 Å². The van der Waals surface area contributed by atoms with Crippen molar-refractivity contribution in [3.63, 3.8) is 0 Å². The molecule has 6 amide bonds. The number of hydrogen-bond donors (Lipinski definition) is 3. The van der Waals surface area contributed by atoms with Crippen molar-refractivity contribution in [1.82, 2.24) is 29.4 Å². The normalized spacial score (nSPS) is 20.5. The molecule has 77 heavy (non-hydrogen) atoms. The second kappa shape index (κ2) is 26.1. The number of nitrogens with zero attached hydrogens (tertiary/aromatic N) is 6. The third-order valence-electron chi connectivity index (χ3n) is 13.4. The number of carboxylic acids is 2. The summed E-state index contributed by atoms with van der Waals surface area (Å²) in [4.78, 5) is 95.4. The number of esters is 2. The Morgan fingerprint density at radius 2 is 0.584 bits per heavy atom. The molecule has 0 saturated carbocycles. The first-order valence-corrected chi connectivity index (χ1v) is 25.4. The maximum Gasteiger partial charge on any atom is 0.339 e. The van der Waals surface area contributed by atoms with Crippen LogP contribution in [-0.2, 0) is 63.2 Å². The predicted octanol–water partition coefficient (Wildman–Crippen LogP) is 8.26. The van der Waals surface area contributed by atoms with Gasteiger partial charge in [0.05, 0.1) is 12.1 Å². The number of carboxylic acid groups (broad SMARTS) is 2. The smallest absolute Gasteiger partial charge is 0.339 e. The Balaban J connectivity index is 0.000000162. The monoisotopic (exact) mass is 1040 g/mol. The van der Waals surface area contributed by atoms with Gasteiger partial charge in [-0.3, -0.25) is 0 Å². The summed E-state index contributed by atoms with van der Waals surface area (Å²) in [6, 6.07) is 51.9. The minimum atomic E-state index is -0.970. The molecule has 0 aromatic heterocycles. The molecule has 400 valence electrons. The molecule has 0 bridgehead atoms. The fourth-order valence-corrected chi connectivity index (χ4v) is 9.70. The fraction of sp³-hybridized carbons (Fsp3) is 0.283. The molecular weight excluding hydrogens is 981 g/mol. The summed E-state index contributed by atoms with van der Waals surface area (Å²) in [7, 11) is 0. The van der Waals surface area contributed by atoms with Crippen LogP contribution in [0.4, 0.5) is 14.4 Å². The summed E-state index contributed by atoms with van der Waals surface area (Å²) in [6.45, 7) is 8.97. The number of ether oxygens (including phenoxy) is 1. The van der Waals surface area contributed by atoms with Gasteiger partial charge >= 0.3 is 42.0 Å². The molecule has 3 N–H and O–H groups in total. The van der Waals surface area contributed by atoms with Crippen LogP contribution in [0.15, 0.2) is 182 Å². The van der Waals surface area contributed by atoms with Crippen LogP contribution in [0.3, 0.4) is 0 Å². The van der Waals surface area contributed by atoms with E-state index in [1.807, 2.05) is 182 Å². The molecule has 0 radical (unpaired) electrons. The first-order valence-electron chi connectivity index (χ1n) is 25.4. The first kappa shape index (κ1) is 55.9. The van der Waals surface area contributed by atoms with E-state index in [4.69, 9.17) is 9.84 Å². The quantitative estimate of drug-likeness (QED) is 0.0699. The summed E-state index contributed by atoms with van der Waals surface area (Å²) in [6.07, 6.45) is -0.167. The Hall–Kier alpha value is -8.83. The van der Waals surface area contributed by atoms with Crippen molar-refractivity contribution in [2.45, 2.75) is 109 Å². The van der Waals surface area contributed by atoms with Crippen molar-refractivity contribution in [1.29, 1.82) is 0 Å². The highest BCUT2D eigenvalue weighted by atomic mass is 16.6. The summed E-state index contributed by atoms with van der Waals surface area (Å²) in [5.74, 6) is -3.26. The van der Waals surface area contributed by atoms with Gasteiger partial charge in [0.25, 0.3) is 0 Å². The average molecular weight is 1050 g/mol. The second-order valence-corrected chi connectivity index (χ2v) is 19.3. The Kier molecular flexibility index (Phi) is 18.9. The largest absolute Gasteiger partial charge is 0.480 e. The van der Waals surface area contributed by atoms with Crippen molar-refractivity contribution >= 4 is 42.0 Å². The van der Waals surface area contributed by atoms with Crippen molar-refractivity contribution in [2.75, 3.05) is 0 Å². The molecule has 6 aromatic rings. The van der Waals surface area contributed by atoms with Crippen LogP contribution in [0.25, 0.3) is 0 Å². The SMILES string of the molecule is CC(C)O.CC1[C@@H](C(=O)O)N(Cc2ccccc2)C(=O)N1Cc1ccccc1.C[C@@H]1C(C(=O)O)N(Cc2ccccc2)C(=O)N1Cc1ccccc1.O=C1OC(=O)[C@@H]2C1N(Cc1ccccc1)C(=O)N2Cc1ccccc1. The molecule has 10 rings (SSSR count). The van der Waals surface area contributed by atoms with E-state index in [1.54, 1.807) is 37.5 Å². The summed E-state index contributed by atoms with van der Waals surface area (Å²) >= 11 is 0. The van der Waals surface area contributed by atoms with E-state index in [2.05, 4.69) is 0 Å². The maximum atomic E-state index is 12.9. The van der Waals surface area contributed by atoms with Crippen molar-refractivity contribution in [3.8, 4) is 0 Å². The zero-order valence-corrected chi connectivity index (χ0v) is 43.4. The number of aliphatic carboxylic acids is 2. The Morgan fingerprint density at radius 1 is 0.390 bits per heavy atom. The Bertz CT molecular complexity index is 2740. The highest BCUT2D eigenvalue weighted by Crippen LogP contribution is 2.33. The van der Waals surface area contributed by atoms with Gasteiger partial charge in [0.1, 0.15) is 0 Å². The van der Waals surface area contributed by atoms with Crippen LogP contribution in [-0.4, -0.2) is 129 Å². The number of aliphatic hydroxyl groups excluding tert-OH is 1. The number of carbonyl (C=O) groups is 7. The molecule has 4 heterocycles. The predicted molar refractivity (Wildman–Crippen MR) is 286 cm³/mol. The number of amides is 6. The topological polar surface area (TPSA) is 209 Å². The number of rotatable bonds is 14. The summed E-state index contributed by atoms with van der Waals surface area (Å²) in [5.41, 5.74) is 5.61. The van der Waals surface area contributed by atoms with Crippen LogP contribution < -0.4 is 0 Å². The van der Waals surface area contributed by atoms with E-state index >= 15 is 0 Å². The third-order valence-corrected chi connectivity index (χ3v) is 13.4. The van der Waals surface area contributed by atoms with Gasteiger partial charge < -0.3 is 49.5 Å². The molecule has 0 spiro atoms. The Morgan fingerprint density at radius 3 is 0.805 bits per heavy atom. The Labute approximate surface area is 448 Å². The lowest BCUT2D eigenvalue weighted by atomic mass is 10.1. The van der Waals surface area contributed by atoms with Gasteiger partial charge in [-0.1, -0.05) is 182 Å². The molecule has 6 aromatic carbocycles. The van der Waals surface area contributed by atoms with Crippen LogP contribution in [0, 0.1) is 0 Å². The van der Waals surface area contributed by atoms with Crippen LogP contribution in [0.5, 0.6) is 0 Å². The standard InChI is InChI=1S/C19H16N2O4.2C19H20N2O3.C3H8O/c22-17-15-16(18(23)25-17)21(12-14-9-5-2-6-10-14)19(24)20(15)11-13-7-3-1-4-8-13;2*1-14-17(18(22)23)21(13-16-10-6-3-7-11-16)19(24)20(14)12-15-8-4-2-5-9-15;1-3(2)4/h1-10,15-16H,11-12H2;2*2-11,14,17H,12-13H2,1H3,(H,22,23);3-4H,1-2H3/t15-,16?;14?,17-;14-,17?;/m001./s1. The van der Waals surface area contributed by atoms with Crippen molar-refractivity contribution in [3.05, 3.63) is 215 Å². The van der Waals surface area contributed by atoms with E-state index in [9.17, 15) is 43.8 Å². The molecule has 17 heteroatoms. The molecule has 17 nitrogen and oxygen atoms in total. The lowest BCUT2D eigenvalue weighted by molar-refractivity contribution is -0.155. The molecule has 3 unspecified atom stereocenters. The van der Waals surface area contributed by atoms with Gasteiger partial charge in [-0.2, -0.15) is 0 Å². The number of benzene rings is 6. The van der Waals surface area contributed by atoms with Crippen LogP contribution in [0.1, 0.15) is 61.1 Å². The van der Waals surface area contributed by atoms with E-state index in [-0.39, 0.29) is 49.4 Å². The van der Waals surface area contributed by atoms with Gasteiger partial charge in [-0.25, -0.2) is 33.6 Å². The van der Waals surface area contributed by atoms with Gasteiger partial charge in [-0.05, 0) is 61.1 Å². The fourth-order valence-electron chi connectivity index (χ4n) is 9.70. The van der Waals surface area contributed by atoms with Crippen molar-refractivity contribution < 1.29 is 53.6 Å². The average Bonchev–Trinajstić information content (AvgIpc) is 4.15. The number of carbonyl (C=O) groups excluding carboxylic acids is 5. The van der Waals surface area contributed by atoms with Gasteiger partial charge in [0, 0.05) is 45.4 Å². The molecule has 0 aliphatic carbocycles. The molecule has 4 saturated heterocycles. The second-order valence-electron chi connectivity index (χ2n) is 19.3. The summed E-state index contributed by atoms with van der Waals surface area (Å²) in [5, 5.41) is 27.3. The molecule has 4 aliphatic rings. The van der Waals surface area contributed by atoms with Crippen molar-refractivity contribution in [2.24, 2.45) is 0 Å². The molecular formula is C60H64N6O11. The zero-order chi connectivity index (χ0) is 55.2. The molecule has 6 atom stereocenters. The number of urea groups is 3. The highest BCUT2D eigenvalue weighted by molar-refractivity contribution is 6.06. The van der Waals surface area contributed by atoms with Gasteiger partial charge in [0.2, 0.25) is 0 Å².